The maximum Gasteiger partial charge on any atom is 2.00 e. The van der Waals surface area contributed by atoms with Crippen LogP contribution in [-0.2, 0) is 32.4 Å². The van der Waals surface area contributed by atoms with E-state index in [9.17, 15) is 13.2 Å². The summed E-state index contributed by atoms with van der Waals surface area (Å²) in [6, 6.07) is 13.6. The molecule has 7 unspecified atom stereocenters. The van der Waals surface area contributed by atoms with Crippen LogP contribution < -0.4 is 0 Å². The largest absolute Gasteiger partial charge is 2.00 e. The van der Waals surface area contributed by atoms with Gasteiger partial charge in [-0.3, -0.25) is 4.90 Å². The van der Waals surface area contributed by atoms with Crippen molar-refractivity contribution in [3.63, 3.8) is 0 Å². The third-order valence-corrected chi connectivity index (χ3v) is 10.7. The Bertz CT molecular complexity index is 1080. The molecule has 0 aromatic heterocycles. The number of hydrogen-bond donors (Lipinski definition) is 2. The first-order valence-electron chi connectivity index (χ1n) is 16.4. The molecular formula is C38H58F3NO2Zr. The first-order valence-corrected chi connectivity index (χ1v) is 16.4. The molecule has 0 spiro atoms. The zero-order chi connectivity index (χ0) is 30.3. The predicted molar refractivity (Wildman–Crippen MR) is 177 cm³/mol. The van der Waals surface area contributed by atoms with Crippen molar-refractivity contribution in [2.24, 2.45) is 29.6 Å². The average Bonchev–Trinajstić information content (AvgIpc) is 3.71. The molecule has 2 aromatic carbocycles. The van der Waals surface area contributed by atoms with Gasteiger partial charge < -0.3 is 25.1 Å². The number of hydrogen-bond acceptors (Lipinski definition) is 3. The van der Waals surface area contributed by atoms with Gasteiger partial charge in [-0.15, -0.1) is 0 Å². The number of aryl methyl sites for hydroxylation is 1. The minimum atomic E-state index is -4.47. The van der Waals surface area contributed by atoms with Crippen molar-refractivity contribution in [1.82, 2.24) is 4.90 Å². The Morgan fingerprint density at radius 3 is 1.76 bits per heavy atom. The van der Waals surface area contributed by atoms with Crippen LogP contribution >= 0.6 is 0 Å². The van der Waals surface area contributed by atoms with E-state index in [0.29, 0.717) is 5.75 Å². The summed E-state index contributed by atoms with van der Waals surface area (Å²) in [5.74, 6) is 4.96. The van der Waals surface area contributed by atoms with E-state index >= 15 is 0 Å². The summed E-state index contributed by atoms with van der Waals surface area (Å²) in [6.45, 7) is 4.36. The molecule has 0 radical (unpaired) electrons. The van der Waals surface area contributed by atoms with Crippen LogP contribution in [0.25, 0.3) is 0 Å². The first-order chi connectivity index (χ1) is 20.1. The van der Waals surface area contributed by atoms with Crippen LogP contribution in [0.15, 0.2) is 48.5 Å². The maximum atomic E-state index is 11.9. The van der Waals surface area contributed by atoms with Crippen molar-refractivity contribution in [3.8, 4) is 11.5 Å². The van der Waals surface area contributed by atoms with Crippen molar-refractivity contribution < 1.29 is 49.6 Å². The second-order valence-corrected chi connectivity index (χ2v) is 13.5. The van der Waals surface area contributed by atoms with E-state index in [1.165, 1.54) is 76.3 Å². The van der Waals surface area contributed by atoms with E-state index < -0.39 is 17.5 Å². The third-order valence-electron chi connectivity index (χ3n) is 10.7. The summed E-state index contributed by atoms with van der Waals surface area (Å²) >= 11 is 0. The summed E-state index contributed by atoms with van der Waals surface area (Å²) in [5.41, 5.74) is -0.0764. The molecule has 7 atom stereocenters. The smallest absolute Gasteiger partial charge is 0.508 e. The van der Waals surface area contributed by atoms with Gasteiger partial charge in [-0.2, -0.15) is 13.2 Å². The fourth-order valence-electron chi connectivity index (χ4n) is 8.57. The Morgan fingerprint density at radius 1 is 0.689 bits per heavy atom. The summed E-state index contributed by atoms with van der Waals surface area (Å²) in [7, 11) is 2.47. The van der Waals surface area contributed by atoms with E-state index in [1.54, 1.807) is 25.3 Å². The van der Waals surface area contributed by atoms with E-state index in [2.05, 4.69) is 18.9 Å². The van der Waals surface area contributed by atoms with Crippen molar-refractivity contribution in [1.29, 1.82) is 0 Å². The van der Waals surface area contributed by atoms with Gasteiger partial charge in [0.25, 0.3) is 0 Å². The average molecular weight is 709 g/mol. The van der Waals surface area contributed by atoms with E-state index in [4.69, 9.17) is 10.2 Å². The molecule has 252 valence electrons. The summed E-state index contributed by atoms with van der Waals surface area (Å²) in [5, 5.41) is 17.6. The number of aromatic hydroxyl groups is 2. The molecule has 7 heteroatoms. The van der Waals surface area contributed by atoms with Crippen LogP contribution in [0.2, 0.25) is 0 Å². The second kappa shape index (κ2) is 19.5. The van der Waals surface area contributed by atoms with Crippen LogP contribution in [0, 0.1) is 51.4 Å². The van der Waals surface area contributed by atoms with Gasteiger partial charge in [-0.1, -0.05) is 88.6 Å². The molecule has 0 bridgehead atoms. The molecule has 2 N–H and O–H groups in total. The number of benzene rings is 2. The SMILES string of the molecule is C1CCCC1.CC1CCC2C(C1)C1CC3CCCCC3C1N2C.Cc1ccccc1O.Oc1ccccc1C(F)(F)F.[CH3-].[CH3-].[Zr+2]. The minimum Gasteiger partial charge on any atom is -0.508 e. The van der Waals surface area contributed by atoms with Crippen molar-refractivity contribution in [2.75, 3.05) is 7.05 Å². The number of phenolic OH excluding ortho intramolecular Hbond substituents is 2. The topological polar surface area (TPSA) is 43.7 Å². The number of likely N-dealkylation sites (tertiary alicyclic amines) is 1. The van der Waals surface area contributed by atoms with Crippen molar-refractivity contribution in [3.05, 3.63) is 74.5 Å². The van der Waals surface area contributed by atoms with Gasteiger partial charge in [-0.05, 0) is 99.4 Å². The molecule has 0 amide bonds. The Morgan fingerprint density at radius 2 is 1.24 bits per heavy atom. The number of fused-ring (bicyclic) bond motifs is 5. The number of halogens is 3. The summed E-state index contributed by atoms with van der Waals surface area (Å²) in [4.78, 5) is 2.86. The van der Waals surface area contributed by atoms with Gasteiger partial charge in [0.15, 0.2) is 0 Å². The fraction of sp³-hybridized carbons (Fsp3) is 0.632. The Hall–Kier alpha value is -1.33. The number of rotatable bonds is 0. The van der Waals surface area contributed by atoms with Crippen molar-refractivity contribution in [2.45, 2.75) is 116 Å². The molecule has 3 nitrogen and oxygen atoms in total. The van der Waals surface area contributed by atoms with Gasteiger partial charge in [0.1, 0.15) is 11.5 Å². The van der Waals surface area contributed by atoms with Crippen LogP contribution in [0.3, 0.4) is 0 Å². The first kappa shape index (κ1) is 41.7. The molecule has 5 fully saturated rings. The third kappa shape index (κ3) is 11.1. The summed E-state index contributed by atoms with van der Waals surface area (Å²) in [6.07, 6.45) is 15.3. The normalized spacial score (nSPS) is 29.5. The number of alkyl halides is 3. The number of para-hydroxylation sites is 2. The Balaban J connectivity index is 0.000000325. The number of nitrogens with zero attached hydrogens (tertiary/aromatic N) is 1. The van der Waals surface area contributed by atoms with E-state index in [0.717, 1.165) is 59.4 Å². The molecule has 1 saturated heterocycles. The molecule has 7 rings (SSSR count). The zero-order valence-electron chi connectivity index (χ0n) is 28.3. The Labute approximate surface area is 291 Å². The summed E-state index contributed by atoms with van der Waals surface area (Å²) < 4.78 is 35.7. The monoisotopic (exact) mass is 707 g/mol. The quantitative estimate of drug-likeness (QED) is 0.268. The molecule has 5 aliphatic rings. The molecule has 1 heterocycles. The molecule has 45 heavy (non-hydrogen) atoms. The van der Waals surface area contributed by atoms with Gasteiger partial charge in [0.2, 0.25) is 0 Å². The minimum absolute atomic E-state index is 0. The van der Waals surface area contributed by atoms with E-state index in [1.807, 2.05) is 25.1 Å². The molecule has 4 saturated carbocycles. The van der Waals surface area contributed by atoms with Gasteiger partial charge in [0.05, 0.1) is 5.56 Å². The second-order valence-electron chi connectivity index (χ2n) is 13.5. The Kier molecular flexibility index (Phi) is 18.1. The molecule has 4 aliphatic carbocycles. The maximum absolute atomic E-state index is 11.9. The van der Waals surface area contributed by atoms with E-state index in [-0.39, 0.29) is 41.1 Å². The molecule has 1 aliphatic heterocycles. The predicted octanol–water partition coefficient (Wildman–Crippen LogP) is 10.9. The standard InChI is InChI=1S/C17H29N.C7H5F3O.C7H8O.C5H10.2CH3.Zr/c1-11-7-8-16-14(9-11)15-10-12-5-3-4-6-13(12)17(15)18(16)2;8-7(9,10)5-3-1-2-4-6(5)11;1-6-4-2-3-5-7(6)8;1-2-4-5-3-1;;;/h11-17H,3-10H2,1-2H3;1-4,11H;2-5,8H,1H3;1-5H2;2*1H3;/q;;;;2*-1;+2. The van der Waals surface area contributed by atoms with Gasteiger partial charge in [-0.25, -0.2) is 0 Å². The zero-order valence-corrected chi connectivity index (χ0v) is 30.8. The van der Waals surface area contributed by atoms with Crippen LogP contribution in [0.5, 0.6) is 11.5 Å². The van der Waals surface area contributed by atoms with Crippen LogP contribution in [0.4, 0.5) is 13.2 Å². The molecule has 2 aromatic rings. The van der Waals surface area contributed by atoms with Crippen LogP contribution in [-0.4, -0.2) is 34.2 Å². The molecular weight excluding hydrogens is 651 g/mol. The number of phenols is 2. The van der Waals surface area contributed by atoms with Crippen molar-refractivity contribution >= 4 is 0 Å². The fourth-order valence-corrected chi connectivity index (χ4v) is 8.57. The van der Waals surface area contributed by atoms with Gasteiger partial charge >= 0.3 is 32.4 Å². The van der Waals surface area contributed by atoms with Crippen LogP contribution in [0.1, 0.15) is 102 Å². The van der Waals surface area contributed by atoms with Gasteiger partial charge in [0, 0.05) is 12.1 Å².